The van der Waals surface area contributed by atoms with Crippen LogP contribution in [0.3, 0.4) is 0 Å². The predicted octanol–water partition coefficient (Wildman–Crippen LogP) is 5.06. The molecule has 1 N–H and O–H groups in total. The van der Waals surface area contributed by atoms with Crippen LogP contribution in [-0.4, -0.2) is 27.5 Å². The van der Waals surface area contributed by atoms with Gasteiger partial charge in [0.1, 0.15) is 5.75 Å². The number of carbonyl (C=O) groups is 1. The van der Waals surface area contributed by atoms with Gasteiger partial charge < -0.3 is 10.1 Å². The van der Waals surface area contributed by atoms with Gasteiger partial charge in [0, 0.05) is 11.1 Å². The highest BCUT2D eigenvalue weighted by atomic mass is 16.5. The van der Waals surface area contributed by atoms with Gasteiger partial charge in [-0.25, -0.2) is 4.68 Å². The highest BCUT2D eigenvalue weighted by Crippen LogP contribution is 2.60. The van der Waals surface area contributed by atoms with Crippen molar-refractivity contribution in [3.63, 3.8) is 0 Å². The first-order chi connectivity index (χ1) is 16.1. The fourth-order valence-electron chi connectivity index (χ4n) is 6.96. The van der Waals surface area contributed by atoms with Crippen molar-refractivity contribution < 1.29 is 9.53 Å². The summed E-state index contributed by atoms with van der Waals surface area (Å²) >= 11 is 0. The fraction of sp³-hybridized carbons (Fsp3) is 0.444. The van der Waals surface area contributed by atoms with E-state index < -0.39 is 0 Å². The summed E-state index contributed by atoms with van der Waals surface area (Å²) in [5.41, 5.74) is 4.25. The summed E-state index contributed by atoms with van der Waals surface area (Å²) < 4.78 is 7.68. The van der Waals surface area contributed by atoms with Gasteiger partial charge in [-0.15, -0.1) is 5.10 Å². The summed E-state index contributed by atoms with van der Waals surface area (Å²) in [4.78, 5) is 12.4. The van der Waals surface area contributed by atoms with E-state index in [0.717, 1.165) is 40.4 Å². The number of nitrogens with zero attached hydrogens (tertiary/aromatic N) is 3. The van der Waals surface area contributed by atoms with Crippen LogP contribution in [0.15, 0.2) is 54.7 Å². The summed E-state index contributed by atoms with van der Waals surface area (Å²) in [5, 5.41) is 11.7. The number of benzene rings is 2. The number of hydrogen-bond acceptors (Lipinski definition) is 4. The molecule has 6 heteroatoms. The molecule has 3 aromatic rings. The topological polar surface area (TPSA) is 69.0 Å². The van der Waals surface area contributed by atoms with E-state index in [1.807, 2.05) is 66.3 Å². The Morgan fingerprint density at radius 1 is 1.03 bits per heavy atom. The second kappa shape index (κ2) is 8.01. The Kier molecular flexibility index (Phi) is 4.97. The molecule has 4 aliphatic rings. The minimum absolute atomic E-state index is 0.0220. The molecule has 2 aromatic carbocycles. The molecule has 7 rings (SSSR count). The quantitative estimate of drug-likeness (QED) is 0.579. The Labute approximate surface area is 194 Å². The van der Waals surface area contributed by atoms with Crippen LogP contribution in [0.5, 0.6) is 5.75 Å². The first kappa shape index (κ1) is 20.5. The van der Waals surface area contributed by atoms with Crippen molar-refractivity contribution >= 4 is 11.6 Å². The van der Waals surface area contributed by atoms with Gasteiger partial charge in [-0.3, -0.25) is 4.79 Å². The van der Waals surface area contributed by atoms with Gasteiger partial charge in [-0.1, -0.05) is 23.4 Å². The molecule has 33 heavy (non-hydrogen) atoms. The summed E-state index contributed by atoms with van der Waals surface area (Å²) in [6, 6.07) is 15.6. The molecule has 0 atom stereocenters. The molecule has 4 bridgehead atoms. The van der Waals surface area contributed by atoms with E-state index in [4.69, 9.17) is 4.74 Å². The third kappa shape index (κ3) is 3.81. The number of nitrogens with one attached hydrogen (secondary N) is 1. The monoisotopic (exact) mass is 442 g/mol. The molecule has 1 heterocycles. The normalized spacial score (nSPS) is 27.5. The third-order valence-electron chi connectivity index (χ3n) is 7.98. The van der Waals surface area contributed by atoms with E-state index >= 15 is 0 Å². The number of rotatable bonds is 6. The lowest BCUT2D eigenvalue weighted by Gasteiger charge is -2.56. The van der Waals surface area contributed by atoms with Gasteiger partial charge in [0.25, 0.3) is 5.91 Å². The van der Waals surface area contributed by atoms with Crippen LogP contribution >= 0.6 is 0 Å². The van der Waals surface area contributed by atoms with Crippen LogP contribution in [0, 0.1) is 24.7 Å². The van der Waals surface area contributed by atoms with Gasteiger partial charge in [0.15, 0.2) is 6.61 Å². The lowest BCUT2D eigenvalue weighted by molar-refractivity contribution is -0.118. The molecule has 0 saturated heterocycles. The average Bonchev–Trinajstić information content (AvgIpc) is 3.29. The molecule has 0 aliphatic heterocycles. The first-order valence-corrected chi connectivity index (χ1v) is 12.1. The maximum absolute atomic E-state index is 12.4. The molecule has 0 radical (unpaired) electrons. The minimum atomic E-state index is -0.180. The SMILES string of the molecule is Cc1ccccc1OCC(=O)Nc1ccc(-n2nncc2C23CC4CC(CC(C4)C2)C3)cc1. The van der Waals surface area contributed by atoms with Crippen LogP contribution in [0.2, 0.25) is 0 Å². The van der Waals surface area contributed by atoms with Crippen LogP contribution in [0.1, 0.15) is 49.8 Å². The van der Waals surface area contributed by atoms with E-state index in [1.54, 1.807) is 0 Å². The molecule has 4 saturated carbocycles. The molecule has 1 aromatic heterocycles. The van der Waals surface area contributed by atoms with Gasteiger partial charge in [0.2, 0.25) is 0 Å². The molecule has 4 aliphatic carbocycles. The van der Waals surface area contributed by atoms with Crippen LogP contribution in [0.25, 0.3) is 5.69 Å². The summed E-state index contributed by atoms with van der Waals surface area (Å²) in [7, 11) is 0. The number of aromatic nitrogens is 3. The van der Waals surface area contributed by atoms with Crippen molar-refractivity contribution in [3.8, 4) is 11.4 Å². The number of amides is 1. The van der Waals surface area contributed by atoms with Crippen molar-refractivity contribution in [1.29, 1.82) is 0 Å². The smallest absolute Gasteiger partial charge is 0.262 e. The first-order valence-electron chi connectivity index (χ1n) is 12.1. The van der Waals surface area contributed by atoms with Crippen molar-refractivity contribution in [3.05, 3.63) is 66.0 Å². The minimum Gasteiger partial charge on any atom is -0.483 e. The Morgan fingerprint density at radius 3 is 2.36 bits per heavy atom. The van der Waals surface area contributed by atoms with Crippen molar-refractivity contribution in [2.45, 2.75) is 50.9 Å². The number of carbonyl (C=O) groups excluding carboxylic acids is 1. The van der Waals surface area contributed by atoms with Crippen LogP contribution in [0.4, 0.5) is 5.69 Å². The maximum Gasteiger partial charge on any atom is 0.262 e. The zero-order valence-corrected chi connectivity index (χ0v) is 19.0. The zero-order valence-electron chi connectivity index (χ0n) is 19.0. The second-order valence-corrected chi connectivity index (χ2v) is 10.4. The summed E-state index contributed by atoms with van der Waals surface area (Å²) in [6.45, 7) is 1.94. The van der Waals surface area contributed by atoms with Gasteiger partial charge >= 0.3 is 0 Å². The van der Waals surface area contributed by atoms with E-state index in [9.17, 15) is 4.79 Å². The number of para-hydroxylation sites is 1. The number of aryl methyl sites for hydroxylation is 1. The van der Waals surface area contributed by atoms with Crippen LogP contribution in [-0.2, 0) is 10.2 Å². The second-order valence-electron chi connectivity index (χ2n) is 10.4. The van der Waals surface area contributed by atoms with E-state index in [-0.39, 0.29) is 17.9 Å². The predicted molar refractivity (Wildman–Crippen MR) is 127 cm³/mol. The Hall–Kier alpha value is -3.15. The largest absolute Gasteiger partial charge is 0.483 e. The molecule has 1 amide bonds. The third-order valence-corrected chi connectivity index (χ3v) is 7.98. The standard InChI is InChI=1S/C27H30N4O2/c1-18-4-2-3-5-24(18)33-17-26(32)29-22-6-8-23(9-7-22)31-25(16-28-30-31)27-13-19-10-20(14-27)12-21(11-19)15-27/h2-9,16,19-21H,10-15,17H2,1H3,(H,29,32). The Morgan fingerprint density at radius 2 is 1.70 bits per heavy atom. The lowest BCUT2D eigenvalue weighted by Crippen LogP contribution is -2.49. The molecule has 0 spiro atoms. The number of ether oxygens (including phenoxy) is 1. The zero-order chi connectivity index (χ0) is 22.4. The van der Waals surface area contributed by atoms with Crippen molar-refractivity contribution in [1.82, 2.24) is 15.0 Å². The van der Waals surface area contributed by atoms with E-state index in [1.165, 1.54) is 44.2 Å². The Bertz CT molecular complexity index is 1130. The molecule has 170 valence electrons. The molecular formula is C27H30N4O2. The Balaban J connectivity index is 1.15. The molecule has 4 fully saturated rings. The fourth-order valence-corrected chi connectivity index (χ4v) is 6.96. The van der Waals surface area contributed by atoms with E-state index in [2.05, 4.69) is 15.6 Å². The average molecular weight is 443 g/mol. The lowest BCUT2D eigenvalue weighted by atomic mass is 9.49. The van der Waals surface area contributed by atoms with Gasteiger partial charge in [-0.05, 0) is 99.1 Å². The highest BCUT2D eigenvalue weighted by molar-refractivity contribution is 5.91. The number of anilines is 1. The van der Waals surface area contributed by atoms with Gasteiger partial charge in [-0.2, -0.15) is 0 Å². The molecular weight excluding hydrogens is 412 g/mol. The van der Waals surface area contributed by atoms with Gasteiger partial charge in [0.05, 0.1) is 17.6 Å². The van der Waals surface area contributed by atoms with Crippen molar-refractivity contribution in [2.24, 2.45) is 17.8 Å². The summed E-state index contributed by atoms with van der Waals surface area (Å²) in [5.74, 6) is 3.17. The highest BCUT2D eigenvalue weighted by Gasteiger charge is 2.53. The number of hydrogen-bond donors (Lipinski definition) is 1. The molecule has 6 nitrogen and oxygen atoms in total. The summed E-state index contributed by atoms with van der Waals surface area (Å²) in [6.07, 6.45) is 10.1. The van der Waals surface area contributed by atoms with Crippen LogP contribution < -0.4 is 10.1 Å². The molecule has 0 unspecified atom stereocenters. The van der Waals surface area contributed by atoms with E-state index in [0.29, 0.717) is 0 Å². The maximum atomic E-state index is 12.4. The van der Waals surface area contributed by atoms with Crippen molar-refractivity contribution in [2.75, 3.05) is 11.9 Å².